The zero-order chi connectivity index (χ0) is 23.9. The lowest BCUT2D eigenvalue weighted by molar-refractivity contribution is -0.119. The number of rotatable bonds is 5. The van der Waals surface area contributed by atoms with E-state index in [0.717, 1.165) is 71.9 Å². The molecule has 3 atom stereocenters. The van der Waals surface area contributed by atoms with Gasteiger partial charge in [-0.15, -0.1) is 11.3 Å². The highest BCUT2D eigenvalue weighted by Crippen LogP contribution is 2.35. The van der Waals surface area contributed by atoms with Crippen LogP contribution in [0.15, 0.2) is 38.7 Å². The monoisotopic (exact) mass is 573 g/mol. The van der Waals surface area contributed by atoms with E-state index in [1.165, 1.54) is 22.2 Å². The van der Waals surface area contributed by atoms with Crippen LogP contribution in [-0.2, 0) is 17.6 Å². The Morgan fingerprint density at radius 1 is 1.23 bits per heavy atom. The van der Waals surface area contributed by atoms with Crippen LogP contribution in [0.1, 0.15) is 42.5 Å². The highest BCUT2D eigenvalue weighted by Gasteiger charge is 2.34. The number of benzene rings is 1. The van der Waals surface area contributed by atoms with Gasteiger partial charge in [0.25, 0.3) is 5.56 Å². The van der Waals surface area contributed by atoms with Crippen LogP contribution in [0.3, 0.4) is 0 Å². The van der Waals surface area contributed by atoms with Crippen molar-refractivity contribution in [1.29, 1.82) is 0 Å². The summed E-state index contributed by atoms with van der Waals surface area (Å²) in [6.45, 7) is 1.01. The molecule has 3 N–H and O–H groups in total. The standard InChI is InChI=1S/C25H28BrN5O2S2/c26-15-6-9-17(10-7-15)31-24(33)22-18-3-1-2-4-20(18)35-23(22)29-25(31)34-13-21(32)28-16-8-5-14-12-27-30-19(14)11-16/h6-7,9-10,14,16,19,27,30H,1-5,8,11-13H2,(H,28,32). The van der Waals surface area contributed by atoms with Crippen molar-refractivity contribution in [3.05, 3.63) is 49.5 Å². The van der Waals surface area contributed by atoms with Crippen LogP contribution in [0.4, 0.5) is 0 Å². The number of carbonyl (C=O) groups is 1. The molecule has 2 fully saturated rings. The number of aryl methyl sites for hydroxylation is 2. The van der Waals surface area contributed by atoms with Crippen LogP contribution in [0, 0.1) is 5.92 Å². The summed E-state index contributed by atoms with van der Waals surface area (Å²) in [6.07, 6.45) is 7.31. The molecule has 2 aliphatic carbocycles. The van der Waals surface area contributed by atoms with E-state index < -0.39 is 0 Å². The first-order chi connectivity index (χ1) is 17.1. The van der Waals surface area contributed by atoms with Crippen molar-refractivity contribution in [2.24, 2.45) is 5.92 Å². The third-order valence-corrected chi connectivity index (χ3v) is 10.0. The average molecular weight is 575 g/mol. The van der Waals surface area contributed by atoms with E-state index in [2.05, 4.69) is 32.1 Å². The van der Waals surface area contributed by atoms with E-state index in [-0.39, 0.29) is 23.3 Å². The first-order valence-electron chi connectivity index (χ1n) is 12.3. The fraction of sp³-hybridized carbons (Fsp3) is 0.480. The van der Waals surface area contributed by atoms with E-state index in [1.807, 2.05) is 24.3 Å². The van der Waals surface area contributed by atoms with Gasteiger partial charge < -0.3 is 5.32 Å². The molecule has 35 heavy (non-hydrogen) atoms. The largest absolute Gasteiger partial charge is 0.353 e. The van der Waals surface area contributed by atoms with E-state index in [1.54, 1.807) is 15.9 Å². The number of halogens is 1. The molecule has 0 radical (unpaired) electrons. The van der Waals surface area contributed by atoms with Crippen molar-refractivity contribution in [1.82, 2.24) is 25.7 Å². The van der Waals surface area contributed by atoms with Crippen LogP contribution < -0.4 is 21.7 Å². The van der Waals surface area contributed by atoms with Crippen molar-refractivity contribution in [3.63, 3.8) is 0 Å². The van der Waals surface area contributed by atoms with Crippen molar-refractivity contribution < 1.29 is 4.79 Å². The number of aromatic nitrogens is 2. The Bertz CT molecular complexity index is 1320. The zero-order valence-corrected chi connectivity index (χ0v) is 22.5. The van der Waals surface area contributed by atoms with Gasteiger partial charge in [0.05, 0.1) is 16.8 Å². The molecule has 1 aromatic carbocycles. The van der Waals surface area contributed by atoms with Gasteiger partial charge in [-0.05, 0) is 80.7 Å². The maximum Gasteiger partial charge on any atom is 0.267 e. The van der Waals surface area contributed by atoms with E-state index in [9.17, 15) is 9.59 Å². The minimum Gasteiger partial charge on any atom is -0.353 e. The number of hydrogen-bond donors (Lipinski definition) is 3. The summed E-state index contributed by atoms with van der Waals surface area (Å²) in [5, 5.41) is 4.55. The Morgan fingerprint density at radius 3 is 2.91 bits per heavy atom. The summed E-state index contributed by atoms with van der Waals surface area (Å²) < 4.78 is 2.64. The van der Waals surface area contributed by atoms with Crippen molar-refractivity contribution in [2.75, 3.05) is 12.3 Å². The number of carbonyl (C=O) groups excluding carboxylic acids is 1. The van der Waals surface area contributed by atoms with Gasteiger partial charge in [-0.1, -0.05) is 27.7 Å². The summed E-state index contributed by atoms with van der Waals surface area (Å²) >= 11 is 6.48. The quantitative estimate of drug-likeness (QED) is 0.316. The van der Waals surface area contributed by atoms with Crippen LogP contribution in [-0.4, -0.2) is 39.8 Å². The van der Waals surface area contributed by atoms with Gasteiger partial charge >= 0.3 is 0 Å². The summed E-state index contributed by atoms with van der Waals surface area (Å²) in [5.41, 5.74) is 8.49. The van der Waals surface area contributed by atoms with Gasteiger partial charge in [0.1, 0.15) is 4.83 Å². The summed E-state index contributed by atoms with van der Waals surface area (Å²) in [4.78, 5) is 33.8. The van der Waals surface area contributed by atoms with Gasteiger partial charge in [0.2, 0.25) is 5.91 Å². The molecule has 10 heteroatoms. The molecule has 184 valence electrons. The highest BCUT2D eigenvalue weighted by molar-refractivity contribution is 9.10. The number of thiophene rings is 1. The minimum absolute atomic E-state index is 0.00779. The van der Waals surface area contributed by atoms with Gasteiger partial charge in [0, 0.05) is 28.0 Å². The lowest BCUT2D eigenvalue weighted by Gasteiger charge is -2.31. The lowest BCUT2D eigenvalue weighted by atomic mass is 9.83. The third-order valence-electron chi connectivity index (χ3n) is 7.39. The van der Waals surface area contributed by atoms with Crippen LogP contribution in [0.5, 0.6) is 0 Å². The van der Waals surface area contributed by atoms with Crippen molar-refractivity contribution in [2.45, 2.75) is 62.2 Å². The molecule has 3 aromatic rings. The summed E-state index contributed by atoms with van der Waals surface area (Å²) in [7, 11) is 0. The van der Waals surface area contributed by atoms with Gasteiger partial charge in [0.15, 0.2) is 5.16 Å². The molecule has 2 aromatic heterocycles. The number of amides is 1. The summed E-state index contributed by atoms with van der Waals surface area (Å²) in [6, 6.07) is 8.31. The minimum atomic E-state index is -0.0299. The zero-order valence-electron chi connectivity index (χ0n) is 19.3. The third kappa shape index (κ3) is 4.71. The van der Waals surface area contributed by atoms with Crippen LogP contribution in [0.25, 0.3) is 15.9 Å². The number of nitrogens with one attached hydrogen (secondary N) is 3. The molecule has 0 bridgehead atoms. The predicted molar refractivity (Wildman–Crippen MR) is 144 cm³/mol. The number of hydrogen-bond acceptors (Lipinski definition) is 7. The number of thioether (sulfide) groups is 1. The smallest absolute Gasteiger partial charge is 0.267 e. The van der Waals surface area contributed by atoms with Crippen LogP contribution in [0.2, 0.25) is 0 Å². The molecule has 1 amide bonds. The Kier molecular flexibility index (Phi) is 6.74. The van der Waals surface area contributed by atoms with Crippen molar-refractivity contribution >= 4 is 55.2 Å². The average Bonchev–Trinajstić information content (AvgIpc) is 3.47. The number of fused-ring (bicyclic) bond motifs is 4. The Hall–Kier alpha value is -1.72. The normalized spacial score (nSPS) is 23.7. The predicted octanol–water partition coefficient (Wildman–Crippen LogP) is 3.94. The first-order valence-corrected chi connectivity index (χ1v) is 14.9. The molecule has 0 spiro atoms. The SMILES string of the molecule is O=C(CSc1nc2sc3c(c2c(=O)n1-c1ccc(Br)cc1)CCCC3)NC1CCC2CNNC2C1. The Labute approximate surface area is 220 Å². The second-order valence-corrected chi connectivity index (χ2v) is 12.6. The molecular formula is C25H28BrN5O2S2. The van der Waals surface area contributed by atoms with E-state index >= 15 is 0 Å². The van der Waals surface area contributed by atoms with Crippen molar-refractivity contribution in [3.8, 4) is 5.69 Å². The summed E-state index contributed by atoms with van der Waals surface area (Å²) in [5.74, 6) is 0.882. The molecule has 1 aliphatic heterocycles. The molecule has 1 saturated heterocycles. The molecule has 1 saturated carbocycles. The van der Waals surface area contributed by atoms with Gasteiger partial charge in [-0.3, -0.25) is 25.0 Å². The molecule has 3 aliphatic rings. The number of hydrazine groups is 1. The van der Waals surface area contributed by atoms with E-state index in [4.69, 9.17) is 4.98 Å². The topological polar surface area (TPSA) is 88.0 Å². The lowest BCUT2D eigenvalue weighted by Crippen LogP contribution is -2.45. The maximum atomic E-state index is 13.8. The Balaban J connectivity index is 1.27. The molecule has 7 nitrogen and oxygen atoms in total. The second-order valence-electron chi connectivity index (χ2n) is 9.66. The molecule has 3 heterocycles. The highest BCUT2D eigenvalue weighted by atomic mass is 79.9. The van der Waals surface area contributed by atoms with E-state index in [0.29, 0.717) is 17.1 Å². The fourth-order valence-electron chi connectivity index (χ4n) is 5.61. The fourth-order valence-corrected chi connectivity index (χ4v) is 8.00. The first kappa shape index (κ1) is 23.7. The van der Waals surface area contributed by atoms with Gasteiger partial charge in [-0.2, -0.15) is 0 Å². The van der Waals surface area contributed by atoms with Gasteiger partial charge in [-0.25, -0.2) is 4.98 Å². The number of nitrogens with zero attached hydrogens (tertiary/aromatic N) is 2. The Morgan fingerprint density at radius 2 is 2.06 bits per heavy atom. The van der Waals surface area contributed by atoms with Crippen LogP contribution >= 0.6 is 39.0 Å². The maximum absolute atomic E-state index is 13.8. The molecular weight excluding hydrogens is 546 g/mol. The second kappa shape index (κ2) is 9.97. The molecule has 6 rings (SSSR count). The molecule has 3 unspecified atom stereocenters.